The lowest BCUT2D eigenvalue weighted by atomic mass is 10.1. The number of nitrogens with one attached hydrogen (secondary N) is 1. The topological polar surface area (TPSA) is 39.1 Å². The Morgan fingerprint density at radius 1 is 1.42 bits per heavy atom. The SMILES string of the molecule is C[C@@H]1CN(c2ccc(C(F)(F)F)cc2C#N)CCN1. The van der Waals surface area contributed by atoms with E-state index in [2.05, 4.69) is 5.32 Å². The summed E-state index contributed by atoms with van der Waals surface area (Å²) in [7, 11) is 0. The summed E-state index contributed by atoms with van der Waals surface area (Å²) < 4.78 is 37.8. The Kier molecular flexibility index (Phi) is 3.67. The summed E-state index contributed by atoms with van der Waals surface area (Å²) in [6.45, 7) is 4.12. The van der Waals surface area contributed by atoms with Gasteiger partial charge in [0.05, 0.1) is 16.8 Å². The molecule has 0 spiro atoms. The highest BCUT2D eigenvalue weighted by molar-refractivity contribution is 5.61. The van der Waals surface area contributed by atoms with Crippen LogP contribution in [0.5, 0.6) is 0 Å². The Balaban J connectivity index is 2.34. The fourth-order valence-electron chi connectivity index (χ4n) is 2.23. The highest BCUT2D eigenvalue weighted by Gasteiger charge is 2.31. The molecule has 6 heteroatoms. The van der Waals surface area contributed by atoms with E-state index >= 15 is 0 Å². The number of halogens is 3. The highest BCUT2D eigenvalue weighted by atomic mass is 19.4. The summed E-state index contributed by atoms with van der Waals surface area (Å²) in [5, 5.41) is 12.3. The van der Waals surface area contributed by atoms with Crippen LogP contribution >= 0.6 is 0 Å². The third kappa shape index (κ3) is 2.99. The van der Waals surface area contributed by atoms with Crippen molar-refractivity contribution in [3.63, 3.8) is 0 Å². The number of nitrogens with zero attached hydrogens (tertiary/aromatic N) is 2. The fraction of sp³-hybridized carbons (Fsp3) is 0.462. The molecule has 0 saturated carbocycles. The van der Waals surface area contributed by atoms with Crippen LogP contribution in [0.15, 0.2) is 18.2 Å². The zero-order valence-corrected chi connectivity index (χ0v) is 10.5. The Hall–Kier alpha value is -1.74. The molecule has 19 heavy (non-hydrogen) atoms. The molecule has 1 atom stereocenters. The minimum Gasteiger partial charge on any atom is -0.368 e. The van der Waals surface area contributed by atoms with Crippen LogP contribution in [0.1, 0.15) is 18.1 Å². The van der Waals surface area contributed by atoms with Gasteiger partial charge < -0.3 is 10.2 Å². The van der Waals surface area contributed by atoms with Gasteiger partial charge in [-0.05, 0) is 25.1 Å². The van der Waals surface area contributed by atoms with Crippen LogP contribution in [0.2, 0.25) is 0 Å². The Labute approximate surface area is 109 Å². The molecule has 1 fully saturated rings. The molecule has 1 aromatic carbocycles. The average Bonchev–Trinajstić information content (AvgIpc) is 2.37. The third-order valence-corrected chi connectivity index (χ3v) is 3.15. The first-order valence-corrected chi connectivity index (χ1v) is 6.01. The van der Waals surface area contributed by atoms with Crippen LogP contribution in [0, 0.1) is 11.3 Å². The van der Waals surface area contributed by atoms with Crippen molar-refractivity contribution in [2.75, 3.05) is 24.5 Å². The van der Waals surface area contributed by atoms with Gasteiger partial charge in [0.2, 0.25) is 0 Å². The van der Waals surface area contributed by atoms with Gasteiger partial charge in [-0.15, -0.1) is 0 Å². The molecule has 0 aromatic heterocycles. The van der Waals surface area contributed by atoms with Crippen molar-refractivity contribution in [1.82, 2.24) is 5.32 Å². The summed E-state index contributed by atoms with van der Waals surface area (Å²) in [4.78, 5) is 1.94. The first-order valence-electron chi connectivity index (χ1n) is 6.01. The number of hydrogen-bond donors (Lipinski definition) is 1. The van der Waals surface area contributed by atoms with Crippen LogP contribution in [-0.2, 0) is 6.18 Å². The summed E-state index contributed by atoms with van der Waals surface area (Å²) in [6, 6.07) is 5.45. The van der Waals surface area contributed by atoms with Gasteiger partial charge in [-0.1, -0.05) is 0 Å². The summed E-state index contributed by atoms with van der Waals surface area (Å²) in [6.07, 6.45) is -4.42. The Morgan fingerprint density at radius 2 is 2.16 bits per heavy atom. The fourth-order valence-corrected chi connectivity index (χ4v) is 2.23. The van der Waals surface area contributed by atoms with Crippen molar-refractivity contribution in [3.8, 4) is 6.07 Å². The number of hydrogen-bond acceptors (Lipinski definition) is 3. The van der Waals surface area contributed by atoms with E-state index in [1.807, 2.05) is 17.9 Å². The van der Waals surface area contributed by atoms with Crippen LogP contribution in [0.4, 0.5) is 18.9 Å². The molecular weight excluding hydrogens is 255 g/mol. The second-order valence-electron chi connectivity index (χ2n) is 4.64. The molecule has 3 nitrogen and oxygen atoms in total. The van der Waals surface area contributed by atoms with E-state index in [1.165, 1.54) is 6.07 Å². The van der Waals surface area contributed by atoms with E-state index < -0.39 is 11.7 Å². The second-order valence-corrected chi connectivity index (χ2v) is 4.64. The lowest BCUT2D eigenvalue weighted by Crippen LogP contribution is -2.49. The van der Waals surface area contributed by atoms with Gasteiger partial charge in [-0.3, -0.25) is 0 Å². The van der Waals surface area contributed by atoms with E-state index in [1.54, 1.807) is 0 Å². The van der Waals surface area contributed by atoms with Crippen molar-refractivity contribution in [3.05, 3.63) is 29.3 Å². The van der Waals surface area contributed by atoms with E-state index in [4.69, 9.17) is 5.26 Å². The normalized spacial score (nSPS) is 20.2. The molecule has 1 heterocycles. The number of anilines is 1. The molecule has 1 aliphatic heterocycles. The molecule has 0 amide bonds. The monoisotopic (exact) mass is 269 g/mol. The van der Waals surface area contributed by atoms with E-state index in [-0.39, 0.29) is 11.6 Å². The Bertz CT molecular complexity index is 505. The average molecular weight is 269 g/mol. The molecule has 1 aliphatic rings. The molecular formula is C13H14F3N3. The van der Waals surface area contributed by atoms with Gasteiger partial charge in [-0.2, -0.15) is 18.4 Å². The number of alkyl halides is 3. The summed E-state index contributed by atoms with van der Waals surface area (Å²) in [5.74, 6) is 0. The number of piperazine rings is 1. The maximum Gasteiger partial charge on any atom is 0.416 e. The molecule has 1 saturated heterocycles. The van der Waals surface area contributed by atoms with Crippen LogP contribution in [0.25, 0.3) is 0 Å². The quantitative estimate of drug-likeness (QED) is 0.850. The van der Waals surface area contributed by atoms with Gasteiger partial charge in [0.25, 0.3) is 0 Å². The van der Waals surface area contributed by atoms with Gasteiger partial charge in [0.1, 0.15) is 6.07 Å². The van der Waals surface area contributed by atoms with Gasteiger partial charge in [0, 0.05) is 25.7 Å². The largest absolute Gasteiger partial charge is 0.416 e. The number of rotatable bonds is 1. The van der Waals surface area contributed by atoms with Gasteiger partial charge >= 0.3 is 6.18 Å². The van der Waals surface area contributed by atoms with Crippen LogP contribution < -0.4 is 10.2 Å². The molecule has 0 radical (unpaired) electrons. The molecule has 102 valence electrons. The molecule has 1 N–H and O–H groups in total. The lowest BCUT2D eigenvalue weighted by molar-refractivity contribution is -0.137. The van der Waals surface area contributed by atoms with E-state index in [9.17, 15) is 13.2 Å². The zero-order valence-electron chi connectivity index (χ0n) is 10.5. The molecule has 2 rings (SSSR count). The zero-order chi connectivity index (χ0) is 14.0. The first-order chi connectivity index (χ1) is 8.91. The molecule has 1 aromatic rings. The van der Waals surface area contributed by atoms with E-state index in [0.29, 0.717) is 18.8 Å². The van der Waals surface area contributed by atoms with Crippen molar-refractivity contribution >= 4 is 5.69 Å². The van der Waals surface area contributed by atoms with E-state index in [0.717, 1.165) is 18.7 Å². The minimum atomic E-state index is -4.42. The number of nitriles is 1. The predicted octanol–water partition coefficient (Wildman–Crippen LogP) is 2.38. The van der Waals surface area contributed by atoms with Crippen molar-refractivity contribution in [1.29, 1.82) is 5.26 Å². The van der Waals surface area contributed by atoms with Crippen LogP contribution in [-0.4, -0.2) is 25.7 Å². The van der Waals surface area contributed by atoms with Crippen LogP contribution in [0.3, 0.4) is 0 Å². The second kappa shape index (κ2) is 5.10. The van der Waals surface area contributed by atoms with Crippen molar-refractivity contribution in [2.24, 2.45) is 0 Å². The molecule has 0 aliphatic carbocycles. The van der Waals surface area contributed by atoms with Crippen molar-refractivity contribution < 1.29 is 13.2 Å². The standard InChI is InChI=1S/C13H14F3N3/c1-9-8-19(5-4-18-9)12-3-2-11(13(14,15)16)6-10(12)7-17/h2-3,6,9,18H,4-5,8H2,1H3/t9-/m1/s1. The maximum absolute atomic E-state index is 12.6. The molecule has 0 bridgehead atoms. The smallest absolute Gasteiger partial charge is 0.368 e. The predicted molar refractivity (Wildman–Crippen MR) is 65.8 cm³/mol. The molecule has 0 unspecified atom stereocenters. The van der Waals surface area contributed by atoms with Gasteiger partial charge in [-0.25, -0.2) is 0 Å². The minimum absolute atomic E-state index is 0.0731. The van der Waals surface area contributed by atoms with Gasteiger partial charge in [0.15, 0.2) is 0 Å². The third-order valence-electron chi connectivity index (χ3n) is 3.15. The highest BCUT2D eigenvalue weighted by Crippen LogP contribution is 2.32. The maximum atomic E-state index is 12.6. The lowest BCUT2D eigenvalue weighted by Gasteiger charge is -2.34. The summed E-state index contributed by atoms with van der Waals surface area (Å²) in [5.41, 5.74) is -0.135. The first kappa shape index (κ1) is 13.7. The number of benzene rings is 1. The Morgan fingerprint density at radius 3 is 2.74 bits per heavy atom. The van der Waals surface area contributed by atoms with Crippen molar-refractivity contribution in [2.45, 2.75) is 19.1 Å². The summed E-state index contributed by atoms with van der Waals surface area (Å²) >= 11 is 0.